The first-order chi connectivity index (χ1) is 15.5. The summed E-state index contributed by atoms with van der Waals surface area (Å²) in [6.45, 7) is 5.53. The van der Waals surface area contributed by atoms with E-state index in [9.17, 15) is 14.9 Å². The minimum Gasteiger partial charge on any atom is -0.478 e. The number of benzene rings is 2. The number of anilines is 1. The molecule has 0 bridgehead atoms. The van der Waals surface area contributed by atoms with Gasteiger partial charge in [0.2, 0.25) is 6.79 Å². The lowest BCUT2D eigenvalue weighted by Gasteiger charge is -2.35. The van der Waals surface area contributed by atoms with Crippen molar-refractivity contribution in [3.8, 4) is 17.2 Å². The highest BCUT2D eigenvalue weighted by Crippen LogP contribution is 2.34. The Labute approximate surface area is 184 Å². The summed E-state index contributed by atoms with van der Waals surface area (Å²) in [5, 5.41) is 13.8. The number of amides is 1. The van der Waals surface area contributed by atoms with Gasteiger partial charge in [0, 0.05) is 51.8 Å². The number of piperazine rings is 1. The molecule has 0 spiro atoms. The van der Waals surface area contributed by atoms with Gasteiger partial charge in [-0.2, -0.15) is 0 Å². The fourth-order valence-corrected chi connectivity index (χ4v) is 4.20. The zero-order valence-corrected chi connectivity index (χ0v) is 17.5. The number of carbonyl (C=O) groups excluding carboxylic acids is 1. The number of fused-ring (bicyclic) bond motifs is 2. The molecule has 5 rings (SSSR count). The van der Waals surface area contributed by atoms with Gasteiger partial charge in [-0.05, 0) is 23.8 Å². The third-order valence-corrected chi connectivity index (χ3v) is 6.01. The number of hydrogen-bond acceptors (Lipinski definition) is 8. The van der Waals surface area contributed by atoms with E-state index in [0.29, 0.717) is 17.9 Å². The van der Waals surface area contributed by atoms with E-state index < -0.39 is 11.0 Å². The van der Waals surface area contributed by atoms with E-state index in [0.717, 1.165) is 50.8 Å². The molecule has 1 amide bonds. The highest BCUT2D eigenvalue weighted by Gasteiger charge is 2.30. The molecule has 3 heterocycles. The van der Waals surface area contributed by atoms with Gasteiger partial charge in [0.05, 0.1) is 16.7 Å². The zero-order valence-electron chi connectivity index (χ0n) is 17.5. The molecule has 1 fully saturated rings. The van der Waals surface area contributed by atoms with E-state index in [2.05, 4.69) is 21.2 Å². The Bertz CT molecular complexity index is 1040. The lowest BCUT2D eigenvalue weighted by molar-refractivity contribution is -0.384. The summed E-state index contributed by atoms with van der Waals surface area (Å²) in [6.07, 6.45) is -0.132. The fraction of sp³-hybridized carbons (Fsp3) is 0.409. The molecule has 0 aliphatic carbocycles. The SMILES string of the molecule is O=C1Nc2ccc([N+](=O)[O-])cc2O[C@@H]1CCN1CCN(Cc2ccc3c(c2)OCO3)CC1. The van der Waals surface area contributed by atoms with Gasteiger partial charge in [0.1, 0.15) is 0 Å². The summed E-state index contributed by atoms with van der Waals surface area (Å²) in [4.78, 5) is 27.6. The van der Waals surface area contributed by atoms with Crippen LogP contribution in [0.3, 0.4) is 0 Å². The molecule has 0 saturated carbocycles. The molecule has 32 heavy (non-hydrogen) atoms. The van der Waals surface area contributed by atoms with Crippen LogP contribution >= 0.6 is 0 Å². The third-order valence-electron chi connectivity index (χ3n) is 6.01. The van der Waals surface area contributed by atoms with Crippen LogP contribution in [0.15, 0.2) is 36.4 Å². The lowest BCUT2D eigenvalue weighted by atomic mass is 10.1. The molecule has 10 nitrogen and oxygen atoms in total. The molecule has 0 aromatic heterocycles. The van der Waals surface area contributed by atoms with Gasteiger partial charge < -0.3 is 24.4 Å². The van der Waals surface area contributed by atoms with E-state index in [4.69, 9.17) is 14.2 Å². The van der Waals surface area contributed by atoms with Crippen molar-refractivity contribution < 1.29 is 23.9 Å². The smallest absolute Gasteiger partial charge is 0.273 e. The number of ether oxygens (including phenoxy) is 3. The number of carbonyl (C=O) groups is 1. The fourth-order valence-electron chi connectivity index (χ4n) is 4.20. The predicted octanol–water partition coefficient (Wildman–Crippen LogP) is 2.23. The Kier molecular flexibility index (Phi) is 5.54. The largest absolute Gasteiger partial charge is 0.478 e. The van der Waals surface area contributed by atoms with Gasteiger partial charge in [-0.3, -0.25) is 19.8 Å². The van der Waals surface area contributed by atoms with E-state index in [1.54, 1.807) is 0 Å². The first kappa shape index (κ1) is 20.5. The molecular formula is C22H24N4O6. The van der Waals surface area contributed by atoms with Gasteiger partial charge in [-0.15, -0.1) is 0 Å². The van der Waals surface area contributed by atoms with Crippen LogP contribution in [0.4, 0.5) is 11.4 Å². The second-order valence-electron chi connectivity index (χ2n) is 8.13. The Hall–Kier alpha value is -3.37. The van der Waals surface area contributed by atoms with E-state index in [1.807, 2.05) is 12.1 Å². The number of nitro groups is 1. The molecule has 2 aromatic rings. The van der Waals surface area contributed by atoms with Gasteiger partial charge in [-0.1, -0.05) is 6.07 Å². The zero-order chi connectivity index (χ0) is 22.1. The first-order valence-corrected chi connectivity index (χ1v) is 10.6. The summed E-state index contributed by atoms with van der Waals surface area (Å²) >= 11 is 0. The highest BCUT2D eigenvalue weighted by molar-refractivity contribution is 5.97. The number of hydrogen-bond donors (Lipinski definition) is 1. The van der Waals surface area contributed by atoms with Crippen molar-refractivity contribution in [2.45, 2.75) is 19.1 Å². The summed E-state index contributed by atoms with van der Waals surface area (Å²) in [6, 6.07) is 10.3. The number of nitrogens with one attached hydrogen (secondary N) is 1. The Morgan fingerprint density at radius 1 is 1.00 bits per heavy atom. The maximum atomic E-state index is 12.4. The maximum Gasteiger partial charge on any atom is 0.273 e. The molecule has 3 aliphatic heterocycles. The van der Waals surface area contributed by atoms with Crippen LogP contribution < -0.4 is 19.5 Å². The van der Waals surface area contributed by atoms with Gasteiger partial charge in [-0.25, -0.2) is 0 Å². The molecule has 1 N–H and O–H groups in total. The third kappa shape index (κ3) is 4.32. The van der Waals surface area contributed by atoms with Crippen molar-refractivity contribution in [2.24, 2.45) is 0 Å². The first-order valence-electron chi connectivity index (χ1n) is 10.6. The van der Waals surface area contributed by atoms with E-state index in [1.165, 1.54) is 23.8 Å². The summed E-state index contributed by atoms with van der Waals surface area (Å²) in [7, 11) is 0. The standard InChI is InChI=1S/C22H24N4O6/c27-22-19(32-20-12-16(26(28)29)2-3-17(20)23-22)5-6-24-7-9-25(10-8-24)13-15-1-4-18-21(11-15)31-14-30-18/h1-4,11-12,19H,5-10,13-14H2,(H,23,27)/t19-/m1/s1. The van der Waals surface area contributed by atoms with Crippen LogP contribution in [0.5, 0.6) is 17.2 Å². The van der Waals surface area contributed by atoms with Crippen LogP contribution in [-0.2, 0) is 11.3 Å². The molecule has 10 heteroatoms. The number of non-ortho nitro benzene ring substituents is 1. The van der Waals surface area contributed by atoms with Gasteiger partial charge in [0.15, 0.2) is 23.4 Å². The Morgan fingerprint density at radius 3 is 2.59 bits per heavy atom. The molecule has 0 unspecified atom stereocenters. The van der Waals surface area contributed by atoms with Gasteiger partial charge >= 0.3 is 0 Å². The molecule has 2 aromatic carbocycles. The minimum atomic E-state index is -0.656. The number of nitro benzene ring substituents is 1. The van der Waals surface area contributed by atoms with Crippen molar-refractivity contribution in [1.29, 1.82) is 0 Å². The van der Waals surface area contributed by atoms with Crippen LogP contribution in [0.2, 0.25) is 0 Å². The minimum absolute atomic E-state index is 0.0581. The van der Waals surface area contributed by atoms with Crippen molar-refractivity contribution in [3.05, 3.63) is 52.1 Å². The number of nitrogens with zero attached hydrogens (tertiary/aromatic N) is 3. The van der Waals surface area contributed by atoms with E-state index >= 15 is 0 Å². The van der Waals surface area contributed by atoms with Crippen molar-refractivity contribution in [3.63, 3.8) is 0 Å². The normalized spacial score (nSPS) is 20.4. The predicted molar refractivity (Wildman–Crippen MR) is 115 cm³/mol. The molecule has 168 valence electrons. The Morgan fingerprint density at radius 2 is 1.78 bits per heavy atom. The van der Waals surface area contributed by atoms with Crippen molar-refractivity contribution >= 4 is 17.3 Å². The summed E-state index contributed by atoms with van der Waals surface area (Å²) < 4.78 is 16.6. The quantitative estimate of drug-likeness (QED) is 0.538. The average Bonchev–Trinajstić information content (AvgIpc) is 3.26. The molecule has 0 radical (unpaired) electrons. The molecule has 1 saturated heterocycles. The maximum absolute atomic E-state index is 12.4. The Balaban J connectivity index is 1.11. The van der Waals surface area contributed by atoms with Crippen LogP contribution in [-0.4, -0.2) is 66.3 Å². The van der Waals surface area contributed by atoms with Crippen molar-refractivity contribution in [2.75, 3.05) is 44.8 Å². The second kappa shape index (κ2) is 8.64. The summed E-state index contributed by atoms with van der Waals surface area (Å²) in [5.41, 5.74) is 1.61. The molecule has 3 aliphatic rings. The highest BCUT2D eigenvalue weighted by atomic mass is 16.7. The van der Waals surface area contributed by atoms with Crippen LogP contribution in [0.25, 0.3) is 0 Å². The molecule has 1 atom stereocenters. The van der Waals surface area contributed by atoms with Gasteiger partial charge in [0.25, 0.3) is 11.6 Å². The molecular weight excluding hydrogens is 416 g/mol. The van der Waals surface area contributed by atoms with Crippen LogP contribution in [0, 0.1) is 10.1 Å². The number of rotatable bonds is 6. The lowest BCUT2D eigenvalue weighted by Crippen LogP contribution is -2.47. The second-order valence-corrected chi connectivity index (χ2v) is 8.13. The van der Waals surface area contributed by atoms with E-state index in [-0.39, 0.29) is 18.4 Å². The monoisotopic (exact) mass is 440 g/mol. The summed E-state index contributed by atoms with van der Waals surface area (Å²) in [5.74, 6) is 1.73. The topological polar surface area (TPSA) is 106 Å². The van der Waals surface area contributed by atoms with Crippen LogP contribution in [0.1, 0.15) is 12.0 Å². The van der Waals surface area contributed by atoms with Crippen molar-refractivity contribution in [1.82, 2.24) is 9.80 Å². The average molecular weight is 440 g/mol.